The maximum absolute atomic E-state index is 2.89. The van der Waals surface area contributed by atoms with Crippen molar-refractivity contribution in [2.75, 3.05) is 0 Å². The molecule has 0 amide bonds. The Morgan fingerprint density at radius 3 is 3.06 bits per heavy atom. The van der Waals surface area contributed by atoms with E-state index in [-0.39, 0.29) is 0 Å². The van der Waals surface area contributed by atoms with E-state index in [0.717, 1.165) is 12.8 Å². The average molecular weight is 244 g/mol. The number of hydrogen-bond acceptors (Lipinski definition) is 0. The Morgan fingerprint density at radius 1 is 1.41 bits per heavy atom. The summed E-state index contributed by atoms with van der Waals surface area (Å²) in [6.07, 6.45) is 20.6. The summed E-state index contributed by atoms with van der Waals surface area (Å²) in [7, 11) is 2.89. The molecule has 0 N–H and O–H groups in total. The van der Waals surface area contributed by atoms with Crippen LogP contribution in [0.4, 0.5) is 0 Å². The second kappa shape index (κ2) is 6.17. The Morgan fingerprint density at radius 2 is 2.29 bits per heavy atom. The van der Waals surface area contributed by atoms with Crippen LogP contribution in [0.1, 0.15) is 32.6 Å². The van der Waals surface area contributed by atoms with Crippen LogP contribution in [0.25, 0.3) is 0 Å². The lowest BCUT2D eigenvalue weighted by molar-refractivity contribution is 0.761. The summed E-state index contributed by atoms with van der Waals surface area (Å²) in [4.78, 5) is 0. The predicted octanol–water partition coefficient (Wildman–Crippen LogP) is 4.93. The molecule has 0 aromatic heterocycles. The molecule has 0 aromatic rings. The van der Waals surface area contributed by atoms with Gasteiger partial charge in [-0.2, -0.15) is 0 Å². The predicted molar refractivity (Wildman–Crippen MR) is 79.9 cm³/mol. The van der Waals surface area contributed by atoms with E-state index in [1.807, 2.05) is 0 Å². The van der Waals surface area contributed by atoms with Crippen LogP contribution in [-0.4, -0.2) is 0 Å². The van der Waals surface area contributed by atoms with Crippen molar-refractivity contribution >= 4 is 9.24 Å². The molecule has 0 bridgehead atoms. The van der Waals surface area contributed by atoms with Gasteiger partial charge in [0.25, 0.3) is 0 Å². The van der Waals surface area contributed by atoms with Crippen molar-refractivity contribution in [3.8, 4) is 0 Å². The van der Waals surface area contributed by atoms with Gasteiger partial charge in [0.2, 0.25) is 0 Å². The molecule has 2 aliphatic rings. The van der Waals surface area contributed by atoms with Crippen molar-refractivity contribution in [2.24, 2.45) is 5.92 Å². The van der Waals surface area contributed by atoms with Crippen LogP contribution < -0.4 is 0 Å². The monoisotopic (exact) mass is 244 g/mol. The molecule has 0 aliphatic heterocycles. The molecule has 0 radical (unpaired) electrons. The normalized spacial score (nSPS) is 24.6. The Kier molecular flexibility index (Phi) is 4.57. The van der Waals surface area contributed by atoms with Crippen molar-refractivity contribution in [3.63, 3.8) is 0 Å². The van der Waals surface area contributed by atoms with Crippen LogP contribution >= 0.6 is 9.24 Å². The maximum Gasteiger partial charge on any atom is 0.0199 e. The zero-order valence-corrected chi connectivity index (χ0v) is 11.7. The fourth-order valence-corrected chi connectivity index (χ4v) is 2.98. The summed E-state index contributed by atoms with van der Waals surface area (Å²) in [6.45, 7) is 2.10. The third kappa shape index (κ3) is 3.07. The molecule has 0 fully saturated rings. The third-order valence-electron chi connectivity index (χ3n) is 3.46. The highest BCUT2D eigenvalue weighted by Gasteiger charge is 2.19. The molecule has 2 rings (SSSR count). The summed E-state index contributed by atoms with van der Waals surface area (Å²) < 4.78 is 0. The van der Waals surface area contributed by atoms with Crippen LogP contribution in [0.5, 0.6) is 0 Å². The fraction of sp³-hybridized carbons (Fsp3) is 0.375. The first-order valence-corrected chi connectivity index (χ1v) is 7.02. The van der Waals surface area contributed by atoms with E-state index in [1.54, 1.807) is 11.1 Å². The smallest absolute Gasteiger partial charge is 0.0199 e. The quantitative estimate of drug-likeness (QED) is 0.487. The molecule has 2 unspecified atom stereocenters. The lowest BCUT2D eigenvalue weighted by atomic mass is 9.81. The SMILES string of the molecule is CC=CCC1=CCC=CC1C1=C(P)C=CCC1. The molecule has 0 spiro atoms. The van der Waals surface area contributed by atoms with Crippen molar-refractivity contribution in [3.05, 3.63) is 59.0 Å². The van der Waals surface area contributed by atoms with E-state index >= 15 is 0 Å². The number of rotatable bonds is 3. The molecule has 2 atom stereocenters. The minimum absolute atomic E-state index is 0.539. The van der Waals surface area contributed by atoms with Crippen LogP contribution in [-0.2, 0) is 0 Å². The van der Waals surface area contributed by atoms with Gasteiger partial charge in [-0.1, -0.05) is 53.7 Å². The molecule has 0 saturated heterocycles. The highest BCUT2D eigenvalue weighted by molar-refractivity contribution is 7.23. The van der Waals surface area contributed by atoms with Crippen LogP contribution in [0.2, 0.25) is 0 Å². The zero-order chi connectivity index (χ0) is 12.1. The minimum atomic E-state index is 0.539. The first kappa shape index (κ1) is 12.6. The van der Waals surface area contributed by atoms with Crippen LogP contribution in [0, 0.1) is 5.92 Å². The van der Waals surface area contributed by atoms with Crippen molar-refractivity contribution < 1.29 is 0 Å². The van der Waals surface area contributed by atoms with Crippen molar-refractivity contribution in [1.82, 2.24) is 0 Å². The third-order valence-corrected chi connectivity index (χ3v) is 4.02. The lowest BCUT2D eigenvalue weighted by Crippen LogP contribution is -2.10. The van der Waals surface area contributed by atoms with Crippen LogP contribution in [0.3, 0.4) is 0 Å². The Bertz CT molecular complexity index is 419. The number of hydrogen-bond donors (Lipinski definition) is 0. The minimum Gasteiger partial charge on any atom is -0.106 e. The molecule has 17 heavy (non-hydrogen) atoms. The Balaban J connectivity index is 2.23. The second-order valence-electron chi connectivity index (χ2n) is 4.62. The highest BCUT2D eigenvalue weighted by Crippen LogP contribution is 2.37. The number of allylic oxidation sites excluding steroid dienone is 10. The average Bonchev–Trinajstić information content (AvgIpc) is 2.37. The molecule has 0 heterocycles. The van der Waals surface area contributed by atoms with E-state index in [2.05, 4.69) is 58.7 Å². The first-order chi connectivity index (χ1) is 8.33. The van der Waals surface area contributed by atoms with Gasteiger partial charge in [-0.25, -0.2) is 0 Å². The molecular weight excluding hydrogens is 223 g/mol. The molecule has 90 valence electrons. The van der Waals surface area contributed by atoms with Gasteiger partial charge in [-0.05, 0) is 37.9 Å². The van der Waals surface area contributed by atoms with E-state index in [9.17, 15) is 0 Å². The van der Waals surface area contributed by atoms with Crippen molar-refractivity contribution in [2.45, 2.75) is 32.6 Å². The van der Waals surface area contributed by atoms with Crippen molar-refractivity contribution in [1.29, 1.82) is 0 Å². The van der Waals surface area contributed by atoms with E-state index in [1.165, 1.54) is 18.2 Å². The summed E-state index contributed by atoms with van der Waals surface area (Å²) in [6, 6.07) is 0. The van der Waals surface area contributed by atoms with Gasteiger partial charge in [0, 0.05) is 5.92 Å². The fourth-order valence-electron chi connectivity index (χ4n) is 2.52. The lowest BCUT2D eigenvalue weighted by Gasteiger charge is -2.25. The van der Waals surface area contributed by atoms with E-state index in [0.29, 0.717) is 5.92 Å². The first-order valence-electron chi connectivity index (χ1n) is 6.44. The largest absolute Gasteiger partial charge is 0.106 e. The molecule has 1 heteroatoms. The molecule has 0 aromatic carbocycles. The van der Waals surface area contributed by atoms with E-state index in [4.69, 9.17) is 0 Å². The summed E-state index contributed by atoms with van der Waals surface area (Å²) in [5.41, 5.74) is 3.15. The maximum atomic E-state index is 2.89. The Hall–Kier alpha value is -0.870. The van der Waals surface area contributed by atoms with Gasteiger partial charge in [-0.3, -0.25) is 0 Å². The highest BCUT2D eigenvalue weighted by atomic mass is 31.0. The van der Waals surface area contributed by atoms with Gasteiger partial charge >= 0.3 is 0 Å². The van der Waals surface area contributed by atoms with Crippen LogP contribution in [0.15, 0.2) is 59.0 Å². The summed E-state index contributed by atoms with van der Waals surface area (Å²) >= 11 is 0. The molecule has 2 aliphatic carbocycles. The standard InChI is InChI=1S/C16H21P/c1-2-3-8-13-9-4-5-10-14(13)15-11-6-7-12-16(15)17/h2-3,5,7,9-10,12,14H,4,6,8,11,17H2,1H3. The summed E-state index contributed by atoms with van der Waals surface area (Å²) in [5, 5.41) is 1.39. The van der Waals surface area contributed by atoms with Gasteiger partial charge in [0.05, 0.1) is 0 Å². The van der Waals surface area contributed by atoms with Gasteiger partial charge in [0.15, 0.2) is 0 Å². The topological polar surface area (TPSA) is 0 Å². The van der Waals surface area contributed by atoms with Gasteiger partial charge in [-0.15, -0.1) is 9.24 Å². The molecule has 0 saturated carbocycles. The Labute approximate surface area is 107 Å². The second-order valence-corrected chi connectivity index (χ2v) is 5.24. The zero-order valence-electron chi connectivity index (χ0n) is 10.5. The molecule has 0 nitrogen and oxygen atoms in total. The molecular formula is C16H21P. The van der Waals surface area contributed by atoms with Gasteiger partial charge < -0.3 is 0 Å². The van der Waals surface area contributed by atoms with E-state index < -0.39 is 0 Å². The van der Waals surface area contributed by atoms with Gasteiger partial charge in [0.1, 0.15) is 0 Å². The summed E-state index contributed by atoms with van der Waals surface area (Å²) in [5.74, 6) is 0.539.